The zero-order chi connectivity index (χ0) is 20.6. The van der Waals surface area contributed by atoms with Crippen molar-refractivity contribution in [2.45, 2.75) is 49.4 Å². The van der Waals surface area contributed by atoms with Gasteiger partial charge in [-0.05, 0) is 28.7 Å². The number of halogens is 4. The zero-order valence-corrected chi connectivity index (χ0v) is 15.7. The zero-order valence-electron chi connectivity index (χ0n) is 15.7. The molecule has 0 radical (unpaired) electrons. The van der Waals surface area contributed by atoms with Crippen LogP contribution in [0, 0.1) is 5.82 Å². The van der Waals surface area contributed by atoms with Crippen LogP contribution in [0.5, 0.6) is 0 Å². The Bertz CT molecular complexity index is 882. The molecule has 4 rings (SSSR count). The first-order valence-electron chi connectivity index (χ1n) is 9.72. The van der Waals surface area contributed by atoms with Gasteiger partial charge in [0.05, 0.1) is 12.1 Å². The molecule has 0 aromatic heterocycles. The second-order valence-electron chi connectivity index (χ2n) is 7.89. The Labute approximate surface area is 166 Å². The number of alkyl halides is 3. The SMILES string of the molecule is O=C(N[C@@H](c1ccccc1)c1ccc(C2CC(F)(F)C2)c(F)c1)C1CC(F)CN1. The minimum absolute atomic E-state index is 0.0938. The largest absolute Gasteiger partial charge is 0.344 e. The topological polar surface area (TPSA) is 41.1 Å². The maximum atomic E-state index is 14.7. The fourth-order valence-electron chi connectivity index (χ4n) is 4.07. The molecule has 154 valence electrons. The second kappa shape index (κ2) is 7.78. The predicted molar refractivity (Wildman–Crippen MR) is 101 cm³/mol. The molecule has 1 heterocycles. The van der Waals surface area contributed by atoms with E-state index in [1.807, 2.05) is 18.2 Å². The summed E-state index contributed by atoms with van der Waals surface area (Å²) in [7, 11) is 0. The molecule has 1 aliphatic carbocycles. The Morgan fingerprint density at radius 1 is 1.10 bits per heavy atom. The number of carbonyl (C=O) groups is 1. The summed E-state index contributed by atoms with van der Waals surface area (Å²) in [6, 6.07) is 12.3. The standard InChI is InChI=1S/C22H22F4N2O/c23-16-9-19(27-12-16)21(29)28-20(13-4-2-1-3-5-13)14-6-7-17(18(24)8-14)15-10-22(25,26)11-15/h1-8,15-16,19-20,27H,9-12H2,(H,28,29)/t16?,19?,20-/m0/s1. The first-order chi connectivity index (χ1) is 13.8. The van der Waals surface area contributed by atoms with Gasteiger partial charge in [0, 0.05) is 25.8 Å². The Balaban J connectivity index is 1.58. The van der Waals surface area contributed by atoms with E-state index in [4.69, 9.17) is 0 Å². The van der Waals surface area contributed by atoms with Crippen molar-refractivity contribution < 1.29 is 22.4 Å². The number of nitrogens with one attached hydrogen (secondary N) is 2. The summed E-state index contributed by atoms with van der Waals surface area (Å²) < 4.78 is 54.5. The Hall–Kier alpha value is -2.41. The van der Waals surface area contributed by atoms with Gasteiger partial charge in [-0.15, -0.1) is 0 Å². The van der Waals surface area contributed by atoms with E-state index in [0.717, 1.165) is 5.56 Å². The third-order valence-electron chi connectivity index (χ3n) is 5.70. The van der Waals surface area contributed by atoms with E-state index in [1.165, 1.54) is 12.1 Å². The van der Waals surface area contributed by atoms with Crippen LogP contribution in [0.4, 0.5) is 17.6 Å². The Kier molecular flexibility index (Phi) is 5.34. The molecule has 29 heavy (non-hydrogen) atoms. The fourth-order valence-corrected chi connectivity index (χ4v) is 4.07. The summed E-state index contributed by atoms with van der Waals surface area (Å²) in [5.74, 6) is -4.13. The predicted octanol–water partition coefficient (Wildman–Crippen LogP) is 4.24. The summed E-state index contributed by atoms with van der Waals surface area (Å²) in [6.07, 6.45) is -1.67. The Morgan fingerprint density at radius 3 is 2.41 bits per heavy atom. The lowest BCUT2D eigenvalue weighted by atomic mass is 9.76. The lowest BCUT2D eigenvalue weighted by Gasteiger charge is -2.35. The van der Waals surface area contributed by atoms with Crippen LogP contribution in [0.25, 0.3) is 0 Å². The van der Waals surface area contributed by atoms with Gasteiger partial charge in [0.25, 0.3) is 0 Å². The van der Waals surface area contributed by atoms with Gasteiger partial charge in [0.15, 0.2) is 0 Å². The average molecular weight is 406 g/mol. The summed E-state index contributed by atoms with van der Waals surface area (Å²) in [6.45, 7) is 0.128. The van der Waals surface area contributed by atoms with E-state index in [9.17, 15) is 22.4 Å². The molecular formula is C22H22F4N2O. The monoisotopic (exact) mass is 406 g/mol. The van der Waals surface area contributed by atoms with Crippen molar-refractivity contribution in [3.05, 3.63) is 71.0 Å². The summed E-state index contributed by atoms with van der Waals surface area (Å²) >= 11 is 0. The Morgan fingerprint density at radius 2 is 1.83 bits per heavy atom. The van der Waals surface area contributed by atoms with E-state index in [2.05, 4.69) is 10.6 Å². The number of carbonyl (C=O) groups excluding carboxylic acids is 1. The molecule has 1 saturated heterocycles. The number of hydrogen-bond donors (Lipinski definition) is 2. The molecule has 0 spiro atoms. The van der Waals surface area contributed by atoms with Crippen molar-refractivity contribution in [2.24, 2.45) is 0 Å². The van der Waals surface area contributed by atoms with Crippen molar-refractivity contribution in [3.63, 3.8) is 0 Å². The average Bonchev–Trinajstić information content (AvgIpc) is 3.11. The van der Waals surface area contributed by atoms with Crippen molar-refractivity contribution >= 4 is 5.91 Å². The molecule has 1 amide bonds. The third kappa shape index (κ3) is 4.29. The first kappa shape index (κ1) is 19.9. The van der Waals surface area contributed by atoms with E-state index in [1.54, 1.807) is 18.2 Å². The highest BCUT2D eigenvalue weighted by Crippen LogP contribution is 2.49. The van der Waals surface area contributed by atoms with Crippen LogP contribution in [0.2, 0.25) is 0 Å². The normalized spacial score (nSPS) is 24.7. The molecule has 2 unspecified atom stereocenters. The lowest BCUT2D eigenvalue weighted by Crippen LogP contribution is -2.42. The fraction of sp³-hybridized carbons (Fsp3) is 0.409. The summed E-state index contributed by atoms with van der Waals surface area (Å²) in [5, 5.41) is 5.71. The van der Waals surface area contributed by atoms with Gasteiger partial charge in [-0.2, -0.15) is 0 Å². The van der Waals surface area contributed by atoms with Gasteiger partial charge < -0.3 is 10.6 Å². The first-order valence-corrected chi connectivity index (χ1v) is 9.72. The molecule has 2 aliphatic rings. The van der Waals surface area contributed by atoms with Crippen LogP contribution < -0.4 is 10.6 Å². The summed E-state index contributed by atoms with van der Waals surface area (Å²) in [4.78, 5) is 12.6. The van der Waals surface area contributed by atoms with Crippen LogP contribution in [-0.2, 0) is 4.79 Å². The van der Waals surface area contributed by atoms with Gasteiger partial charge in [-0.1, -0.05) is 42.5 Å². The van der Waals surface area contributed by atoms with Crippen LogP contribution in [-0.4, -0.2) is 30.6 Å². The third-order valence-corrected chi connectivity index (χ3v) is 5.70. The lowest BCUT2D eigenvalue weighted by molar-refractivity contribution is -0.123. The van der Waals surface area contributed by atoms with Gasteiger partial charge >= 0.3 is 0 Å². The van der Waals surface area contributed by atoms with Crippen LogP contribution in [0.3, 0.4) is 0 Å². The van der Waals surface area contributed by atoms with E-state index in [0.29, 0.717) is 5.56 Å². The van der Waals surface area contributed by atoms with Crippen LogP contribution in [0.1, 0.15) is 47.9 Å². The molecule has 0 bridgehead atoms. The van der Waals surface area contributed by atoms with Crippen molar-refractivity contribution in [1.29, 1.82) is 0 Å². The quantitative estimate of drug-likeness (QED) is 0.730. The van der Waals surface area contributed by atoms with E-state index in [-0.39, 0.29) is 37.3 Å². The van der Waals surface area contributed by atoms with Crippen LogP contribution in [0.15, 0.2) is 48.5 Å². The molecular weight excluding hydrogens is 384 g/mol. The van der Waals surface area contributed by atoms with Crippen molar-refractivity contribution in [1.82, 2.24) is 10.6 Å². The number of benzene rings is 2. The highest BCUT2D eigenvalue weighted by atomic mass is 19.3. The number of amides is 1. The van der Waals surface area contributed by atoms with Crippen molar-refractivity contribution in [2.75, 3.05) is 6.54 Å². The maximum Gasteiger partial charge on any atom is 0.249 e. The highest BCUT2D eigenvalue weighted by molar-refractivity contribution is 5.83. The van der Waals surface area contributed by atoms with Gasteiger partial charge in [-0.3, -0.25) is 4.79 Å². The highest BCUT2D eigenvalue weighted by Gasteiger charge is 2.46. The number of rotatable bonds is 5. The van der Waals surface area contributed by atoms with E-state index >= 15 is 0 Å². The molecule has 3 nitrogen and oxygen atoms in total. The minimum Gasteiger partial charge on any atom is -0.344 e. The maximum absolute atomic E-state index is 14.7. The van der Waals surface area contributed by atoms with Crippen LogP contribution >= 0.6 is 0 Å². The van der Waals surface area contributed by atoms with Gasteiger partial charge in [-0.25, -0.2) is 17.6 Å². The van der Waals surface area contributed by atoms with Gasteiger partial charge in [0.1, 0.15) is 12.0 Å². The summed E-state index contributed by atoms with van der Waals surface area (Å²) in [5.41, 5.74) is 1.53. The molecule has 1 aliphatic heterocycles. The molecule has 2 aromatic carbocycles. The molecule has 2 aromatic rings. The van der Waals surface area contributed by atoms with Crippen molar-refractivity contribution in [3.8, 4) is 0 Å². The molecule has 2 N–H and O–H groups in total. The molecule has 1 saturated carbocycles. The molecule has 3 atom stereocenters. The molecule has 2 fully saturated rings. The number of hydrogen-bond acceptors (Lipinski definition) is 2. The van der Waals surface area contributed by atoms with Gasteiger partial charge in [0.2, 0.25) is 11.8 Å². The molecule has 7 heteroatoms. The smallest absolute Gasteiger partial charge is 0.249 e. The second-order valence-corrected chi connectivity index (χ2v) is 7.89. The minimum atomic E-state index is -2.72. The van der Waals surface area contributed by atoms with E-state index < -0.39 is 35.9 Å².